The van der Waals surface area contributed by atoms with Crippen LogP contribution in [0.25, 0.3) is 0 Å². The zero-order valence-electron chi connectivity index (χ0n) is 9.36. The van der Waals surface area contributed by atoms with Crippen molar-refractivity contribution in [3.05, 3.63) is 0 Å². The van der Waals surface area contributed by atoms with Gasteiger partial charge in [0.05, 0.1) is 6.10 Å². The van der Waals surface area contributed by atoms with E-state index in [-0.39, 0.29) is 6.29 Å². The van der Waals surface area contributed by atoms with Crippen molar-refractivity contribution in [3.8, 4) is 0 Å². The third kappa shape index (κ3) is 3.53. The van der Waals surface area contributed by atoms with Gasteiger partial charge < -0.3 is 14.2 Å². The van der Waals surface area contributed by atoms with Crippen molar-refractivity contribution >= 4 is 0 Å². The molecule has 0 atom stereocenters. The highest BCUT2D eigenvalue weighted by Crippen LogP contribution is 2.13. The van der Waals surface area contributed by atoms with Crippen LogP contribution in [0.2, 0.25) is 0 Å². The fourth-order valence-electron chi connectivity index (χ4n) is 1.78. The third-order valence-electron chi connectivity index (χ3n) is 2.80. The van der Waals surface area contributed by atoms with Crippen molar-refractivity contribution in [3.63, 3.8) is 0 Å². The Balaban J connectivity index is 2.21. The molecule has 0 aromatic rings. The second kappa shape index (κ2) is 6.35. The molecule has 84 valence electrons. The van der Waals surface area contributed by atoms with Gasteiger partial charge in [0.25, 0.3) is 0 Å². The lowest BCUT2D eigenvalue weighted by atomic mass is 10.1. The van der Waals surface area contributed by atoms with Crippen LogP contribution in [0.4, 0.5) is 0 Å². The molecule has 0 N–H and O–H groups in total. The lowest BCUT2D eigenvalue weighted by Gasteiger charge is -2.32. The molecule has 4 nitrogen and oxygen atoms in total. The number of methoxy groups -OCH3 is 3. The monoisotopic (exact) mass is 203 g/mol. The molecule has 14 heavy (non-hydrogen) atoms. The van der Waals surface area contributed by atoms with E-state index in [1.807, 2.05) is 0 Å². The summed E-state index contributed by atoms with van der Waals surface area (Å²) in [6, 6.07) is 0. The standard InChI is InChI=1S/C10H21NO3/c1-12-9-4-6-11(7-5-9)8-10(13-2)14-3/h9-10H,4-8H2,1-3H3. The normalized spacial score (nSPS) is 20.6. The molecular weight excluding hydrogens is 182 g/mol. The number of piperidine rings is 1. The molecule has 0 radical (unpaired) electrons. The van der Waals surface area contributed by atoms with Gasteiger partial charge in [-0.2, -0.15) is 0 Å². The summed E-state index contributed by atoms with van der Waals surface area (Å²) in [5, 5.41) is 0. The lowest BCUT2D eigenvalue weighted by Crippen LogP contribution is -2.41. The minimum absolute atomic E-state index is 0.103. The predicted molar refractivity (Wildman–Crippen MR) is 54.3 cm³/mol. The van der Waals surface area contributed by atoms with Gasteiger partial charge in [-0.3, -0.25) is 4.90 Å². The predicted octanol–water partition coefficient (Wildman–Crippen LogP) is 0.716. The minimum Gasteiger partial charge on any atom is -0.381 e. The number of likely N-dealkylation sites (tertiary alicyclic amines) is 1. The summed E-state index contributed by atoms with van der Waals surface area (Å²) < 4.78 is 15.6. The largest absolute Gasteiger partial charge is 0.381 e. The van der Waals surface area contributed by atoms with Crippen LogP contribution in [0.5, 0.6) is 0 Å². The summed E-state index contributed by atoms with van der Waals surface area (Å²) in [6.45, 7) is 2.99. The quantitative estimate of drug-likeness (QED) is 0.616. The Labute approximate surface area is 86.1 Å². The first-order chi connectivity index (χ1) is 6.80. The Bertz CT molecular complexity index is 142. The third-order valence-corrected chi connectivity index (χ3v) is 2.80. The van der Waals surface area contributed by atoms with E-state index < -0.39 is 0 Å². The van der Waals surface area contributed by atoms with Crippen molar-refractivity contribution in [2.75, 3.05) is 41.0 Å². The number of nitrogens with zero attached hydrogens (tertiary/aromatic N) is 1. The first-order valence-corrected chi connectivity index (χ1v) is 5.11. The maximum absolute atomic E-state index is 5.31. The zero-order chi connectivity index (χ0) is 10.4. The van der Waals surface area contributed by atoms with Gasteiger partial charge in [-0.25, -0.2) is 0 Å². The van der Waals surface area contributed by atoms with Gasteiger partial charge in [0.15, 0.2) is 6.29 Å². The maximum atomic E-state index is 5.31. The Hall–Kier alpha value is -0.160. The molecule has 0 amide bonds. The van der Waals surface area contributed by atoms with Crippen molar-refractivity contribution in [1.82, 2.24) is 4.90 Å². The fraction of sp³-hybridized carbons (Fsp3) is 1.00. The highest BCUT2D eigenvalue weighted by atomic mass is 16.7. The minimum atomic E-state index is -0.103. The van der Waals surface area contributed by atoms with Crippen molar-refractivity contribution in [2.24, 2.45) is 0 Å². The van der Waals surface area contributed by atoms with Gasteiger partial charge in [0.2, 0.25) is 0 Å². The van der Waals surface area contributed by atoms with Gasteiger partial charge in [0, 0.05) is 41.0 Å². The van der Waals surface area contributed by atoms with Crippen molar-refractivity contribution in [1.29, 1.82) is 0 Å². The van der Waals surface area contributed by atoms with Gasteiger partial charge in [-0.1, -0.05) is 0 Å². The molecule has 1 heterocycles. The number of rotatable bonds is 5. The van der Waals surface area contributed by atoms with E-state index in [4.69, 9.17) is 14.2 Å². The van der Waals surface area contributed by atoms with E-state index in [1.165, 1.54) is 0 Å². The smallest absolute Gasteiger partial charge is 0.169 e. The maximum Gasteiger partial charge on any atom is 0.169 e. The number of ether oxygens (including phenoxy) is 3. The Kier molecular flexibility index (Phi) is 5.40. The van der Waals surface area contributed by atoms with E-state index >= 15 is 0 Å². The molecule has 0 spiro atoms. The second-order valence-electron chi connectivity index (χ2n) is 3.64. The Morgan fingerprint density at radius 3 is 2.14 bits per heavy atom. The van der Waals surface area contributed by atoms with Crippen LogP contribution in [0.3, 0.4) is 0 Å². The molecule has 0 aromatic carbocycles. The summed E-state index contributed by atoms with van der Waals surface area (Å²) in [4.78, 5) is 2.35. The van der Waals surface area contributed by atoms with E-state index in [2.05, 4.69) is 4.90 Å². The molecule has 0 bridgehead atoms. The molecule has 0 saturated carbocycles. The molecule has 0 unspecified atom stereocenters. The average Bonchev–Trinajstić information content (AvgIpc) is 2.26. The van der Waals surface area contributed by atoms with Crippen molar-refractivity contribution < 1.29 is 14.2 Å². The molecule has 4 heteroatoms. The zero-order valence-corrected chi connectivity index (χ0v) is 9.36. The van der Waals surface area contributed by atoms with Crippen LogP contribution >= 0.6 is 0 Å². The molecule has 1 aliphatic rings. The number of hydrogen-bond acceptors (Lipinski definition) is 4. The van der Waals surface area contributed by atoms with E-state index in [9.17, 15) is 0 Å². The lowest BCUT2D eigenvalue weighted by molar-refractivity contribution is -0.120. The van der Waals surface area contributed by atoms with Crippen LogP contribution in [0, 0.1) is 0 Å². The molecule has 1 fully saturated rings. The average molecular weight is 203 g/mol. The Morgan fingerprint density at radius 2 is 1.71 bits per heavy atom. The van der Waals surface area contributed by atoms with E-state index in [0.29, 0.717) is 6.10 Å². The molecule has 0 aromatic heterocycles. The van der Waals surface area contributed by atoms with Crippen LogP contribution < -0.4 is 0 Å². The highest BCUT2D eigenvalue weighted by Gasteiger charge is 2.20. The van der Waals surface area contributed by atoms with Crippen LogP contribution in [0.1, 0.15) is 12.8 Å². The van der Waals surface area contributed by atoms with Gasteiger partial charge in [-0.05, 0) is 12.8 Å². The van der Waals surface area contributed by atoms with Crippen LogP contribution in [-0.4, -0.2) is 58.3 Å². The van der Waals surface area contributed by atoms with E-state index in [1.54, 1.807) is 21.3 Å². The molecular formula is C10H21NO3. The van der Waals surface area contributed by atoms with Gasteiger partial charge in [0.1, 0.15) is 0 Å². The fourth-order valence-corrected chi connectivity index (χ4v) is 1.78. The van der Waals surface area contributed by atoms with Crippen molar-refractivity contribution in [2.45, 2.75) is 25.2 Å². The second-order valence-corrected chi connectivity index (χ2v) is 3.64. The summed E-state index contributed by atoms with van der Waals surface area (Å²) in [6.07, 6.45) is 2.55. The molecule has 1 saturated heterocycles. The van der Waals surface area contributed by atoms with E-state index in [0.717, 1.165) is 32.5 Å². The van der Waals surface area contributed by atoms with Gasteiger partial charge >= 0.3 is 0 Å². The van der Waals surface area contributed by atoms with Crippen LogP contribution in [-0.2, 0) is 14.2 Å². The Morgan fingerprint density at radius 1 is 1.14 bits per heavy atom. The summed E-state index contributed by atoms with van der Waals surface area (Å²) in [7, 11) is 5.14. The summed E-state index contributed by atoms with van der Waals surface area (Å²) in [5.41, 5.74) is 0. The molecule has 1 aliphatic heterocycles. The SMILES string of the molecule is COC1CCN(CC(OC)OC)CC1. The highest BCUT2D eigenvalue weighted by molar-refractivity contribution is 4.72. The summed E-state index contributed by atoms with van der Waals surface area (Å²) >= 11 is 0. The summed E-state index contributed by atoms with van der Waals surface area (Å²) in [5.74, 6) is 0. The first kappa shape index (κ1) is 11.9. The van der Waals surface area contributed by atoms with Gasteiger partial charge in [-0.15, -0.1) is 0 Å². The first-order valence-electron chi connectivity index (χ1n) is 5.11. The molecule has 0 aliphatic carbocycles. The van der Waals surface area contributed by atoms with Crippen LogP contribution in [0.15, 0.2) is 0 Å². The number of hydrogen-bond donors (Lipinski definition) is 0. The topological polar surface area (TPSA) is 30.9 Å². The molecule has 1 rings (SSSR count).